The molecule has 0 spiro atoms. The fourth-order valence-electron chi connectivity index (χ4n) is 1.74. The van der Waals surface area contributed by atoms with Gasteiger partial charge in [-0.05, 0) is 52.1 Å². The van der Waals surface area contributed by atoms with Crippen LogP contribution in [0.5, 0.6) is 0 Å². The minimum absolute atomic E-state index is 0.0375. The van der Waals surface area contributed by atoms with Crippen molar-refractivity contribution in [1.82, 2.24) is 5.32 Å². The lowest BCUT2D eigenvalue weighted by atomic mass is 10.00. The zero-order chi connectivity index (χ0) is 12.4. The maximum Gasteiger partial charge on any atom is 0.0634 e. The molecule has 0 aliphatic heterocycles. The third-order valence-electron chi connectivity index (χ3n) is 3.12. The molecule has 0 saturated carbocycles. The largest absolute Gasteiger partial charge is 0.396 e. The van der Waals surface area contributed by atoms with Crippen LogP contribution in [0.2, 0.25) is 0 Å². The molecule has 0 heterocycles. The maximum atomic E-state index is 8.94. The standard InChI is InChI=1S/C13H29NO2/c1-5-6-12(7-10-15)11-14-9-8-13(2,3)16-4/h12,14-15H,5-11H2,1-4H3. The minimum Gasteiger partial charge on any atom is -0.396 e. The van der Waals surface area contributed by atoms with Crippen molar-refractivity contribution in [3.05, 3.63) is 0 Å². The molecule has 0 fully saturated rings. The Morgan fingerprint density at radius 2 is 2.00 bits per heavy atom. The van der Waals surface area contributed by atoms with E-state index in [1.54, 1.807) is 7.11 Å². The predicted octanol–water partition coefficient (Wildman–Crippen LogP) is 2.19. The van der Waals surface area contributed by atoms with Crippen LogP contribution in [0, 0.1) is 5.92 Å². The lowest BCUT2D eigenvalue weighted by Gasteiger charge is -2.23. The van der Waals surface area contributed by atoms with Gasteiger partial charge < -0.3 is 15.2 Å². The number of aliphatic hydroxyl groups excluding tert-OH is 1. The second kappa shape index (κ2) is 8.97. The number of nitrogens with one attached hydrogen (secondary N) is 1. The summed E-state index contributed by atoms with van der Waals surface area (Å²) in [6, 6.07) is 0. The van der Waals surface area contributed by atoms with Gasteiger partial charge in [-0.3, -0.25) is 0 Å². The molecule has 0 aromatic carbocycles. The van der Waals surface area contributed by atoms with Crippen LogP contribution in [0.4, 0.5) is 0 Å². The Balaban J connectivity index is 3.61. The molecule has 0 aromatic heterocycles. The predicted molar refractivity (Wildman–Crippen MR) is 68.7 cm³/mol. The van der Waals surface area contributed by atoms with E-state index in [2.05, 4.69) is 26.1 Å². The van der Waals surface area contributed by atoms with Crippen LogP contribution in [0.3, 0.4) is 0 Å². The average molecular weight is 231 g/mol. The fraction of sp³-hybridized carbons (Fsp3) is 1.00. The smallest absolute Gasteiger partial charge is 0.0634 e. The van der Waals surface area contributed by atoms with Crippen molar-refractivity contribution in [1.29, 1.82) is 0 Å². The zero-order valence-corrected chi connectivity index (χ0v) is 11.4. The van der Waals surface area contributed by atoms with Gasteiger partial charge in [0.25, 0.3) is 0 Å². The molecule has 0 bridgehead atoms. The van der Waals surface area contributed by atoms with Crippen LogP contribution in [0.15, 0.2) is 0 Å². The summed E-state index contributed by atoms with van der Waals surface area (Å²) in [7, 11) is 1.76. The molecule has 0 amide bonds. The van der Waals surface area contributed by atoms with Gasteiger partial charge in [0.2, 0.25) is 0 Å². The van der Waals surface area contributed by atoms with Crippen LogP contribution < -0.4 is 5.32 Å². The number of rotatable bonds is 10. The first-order chi connectivity index (χ1) is 7.55. The monoisotopic (exact) mass is 231 g/mol. The van der Waals surface area contributed by atoms with E-state index in [0.717, 1.165) is 25.9 Å². The highest BCUT2D eigenvalue weighted by atomic mass is 16.5. The Morgan fingerprint density at radius 1 is 1.31 bits per heavy atom. The molecule has 0 rings (SSSR count). The van der Waals surface area contributed by atoms with Gasteiger partial charge in [0.1, 0.15) is 0 Å². The molecule has 1 unspecified atom stereocenters. The number of methoxy groups -OCH3 is 1. The highest BCUT2D eigenvalue weighted by molar-refractivity contribution is 4.70. The Bertz CT molecular complexity index is 154. The van der Waals surface area contributed by atoms with E-state index in [4.69, 9.17) is 9.84 Å². The fourth-order valence-corrected chi connectivity index (χ4v) is 1.74. The van der Waals surface area contributed by atoms with Gasteiger partial charge in [-0.15, -0.1) is 0 Å². The van der Waals surface area contributed by atoms with Crippen molar-refractivity contribution >= 4 is 0 Å². The van der Waals surface area contributed by atoms with E-state index in [1.807, 2.05) is 0 Å². The first kappa shape index (κ1) is 15.9. The van der Waals surface area contributed by atoms with E-state index in [-0.39, 0.29) is 5.60 Å². The van der Waals surface area contributed by atoms with Crippen molar-refractivity contribution in [3.63, 3.8) is 0 Å². The Morgan fingerprint density at radius 3 is 2.50 bits per heavy atom. The Hall–Kier alpha value is -0.120. The molecule has 0 aliphatic carbocycles. The quantitative estimate of drug-likeness (QED) is 0.566. The molecular weight excluding hydrogens is 202 g/mol. The van der Waals surface area contributed by atoms with Crippen LogP contribution in [0.25, 0.3) is 0 Å². The molecular formula is C13H29NO2. The lowest BCUT2D eigenvalue weighted by Crippen LogP contribution is -2.31. The summed E-state index contributed by atoms with van der Waals surface area (Å²) in [5, 5.41) is 12.4. The summed E-state index contributed by atoms with van der Waals surface area (Å²) < 4.78 is 5.36. The van der Waals surface area contributed by atoms with Gasteiger partial charge in [-0.1, -0.05) is 13.3 Å². The van der Waals surface area contributed by atoms with E-state index in [9.17, 15) is 0 Å². The molecule has 0 radical (unpaired) electrons. The summed E-state index contributed by atoms with van der Waals surface area (Å²) in [6.45, 7) is 8.69. The second-order valence-corrected chi connectivity index (χ2v) is 5.08. The zero-order valence-electron chi connectivity index (χ0n) is 11.4. The second-order valence-electron chi connectivity index (χ2n) is 5.08. The van der Waals surface area contributed by atoms with E-state index >= 15 is 0 Å². The van der Waals surface area contributed by atoms with Crippen LogP contribution in [-0.4, -0.2) is 37.5 Å². The van der Waals surface area contributed by atoms with Gasteiger partial charge in [0.05, 0.1) is 5.60 Å². The maximum absolute atomic E-state index is 8.94. The molecule has 0 aromatic rings. The van der Waals surface area contributed by atoms with E-state index in [0.29, 0.717) is 12.5 Å². The molecule has 2 N–H and O–H groups in total. The molecule has 16 heavy (non-hydrogen) atoms. The molecule has 0 saturated heterocycles. The first-order valence-corrected chi connectivity index (χ1v) is 6.42. The number of aliphatic hydroxyl groups is 1. The average Bonchev–Trinajstić information content (AvgIpc) is 2.25. The molecule has 0 aliphatic rings. The number of hydrogen-bond donors (Lipinski definition) is 2. The van der Waals surface area contributed by atoms with Gasteiger partial charge in [-0.25, -0.2) is 0 Å². The topological polar surface area (TPSA) is 41.5 Å². The molecule has 3 heteroatoms. The summed E-state index contributed by atoms with van der Waals surface area (Å²) in [6.07, 6.45) is 4.31. The van der Waals surface area contributed by atoms with Crippen LogP contribution in [0.1, 0.15) is 46.5 Å². The minimum atomic E-state index is -0.0375. The Kier molecular flexibility index (Phi) is 8.90. The summed E-state index contributed by atoms with van der Waals surface area (Å²) in [5.41, 5.74) is -0.0375. The highest BCUT2D eigenvalue weighted by Gasteiger charge is 2.15. The van der Waals surface area contributed by atoms with Crippen LogP contribution >= 0.6 is 0 Å². The van der Waals surface area contributed by atoms with Crippen molar-refractivity contribution in [3.8, 4) is 0 Å². The van der Waals surface area contributed by atoms with E-state index < -0.39 is 0 Å². The lowest BCUT2D eigenvalue weighted by molar-refractivity contribution is 0.0156. The van der Waals surface area contributed by atoms with Crippen molar-refractivity contribution in [2.45, 2.75) is 52.1 Å². The van der Waals surface area contributed by atoms with E-state index in [1.165, 1.54) is 12.8 Å². The van der Waals surface area contributed by atoms with Crippen molar-refractivity contribution in [2.75, 3.05) is 26.8 Å². The third-order valence-corrected chi connectivity index (χ3v) is 3.12. The number of hydrogen-bond acceptors (Lipinski definition) is 3. The molecule has 98 valence electrons. The first-order valence-electron chi connectivity index (χ1n) is 6.42. The molecule has 1 atom stereocenters. The SMILES string of the molecule is CCCC(CCO)CNCCC(C)(C)OC. The summed E-state index contributed by atoms with van der Waals surface area (Å²) in [4.78, 5) is 0. The number of ether oxygens (including phenoxy) is 1. The Labute approximate surface area is 101 Å². The van der Waals surface area contributed by atoms with Crippen molar-refractivity contribution in [2.24, 2.45) is 5.92 Å². The van der Waals surface area contributed by atoms with Crippen molar-refractivity contribution < 1.29 is 9.84 Å². The van der Waals surface area contributed by atoms with Gasteiger partial charge in [0.15, 0.2) is 0 Å². The van der Waals surface area contributed by atoms with Gasteiger partial charge in [-0.2, -0.15) is 0 Å². The highest BCUT2D eigenvalue weighted by Crippen LogP contribution is 2.12. The summed E-state index contributed by atoms with van der Waals surface area (Å²) >= 11 is 0. The molecule has 3 nitrogen and oxygen atoms in total. The van der Waals surface area contributed by atoms with Crippen LogP contribution in [-0.2, 0) is 4.74 Å². The van der Waals surface area contributed by atoms with Gasteiger partial charge in [0, 0.05) is 13.7 Å². The third kappa shape index (κ3) is 8.08. The normalized spacial score (nSPS) is 14.1. The summed E-state index contributed by atoms with van der Waals surface area (Å²) in [5.74, 6) is 0.612. The van der Waals surface area contributed by atoms with Gasteiger partial charge >= 0.3 is 0 Å².